The highest BCUT2D eigenvalue weighted by Crippen LogP contribution is 2.19. The van der Waals surface area contributed by atoms with E-state index in [2.05, 4.69) is 18.3 Å². The lowest BCUT2D eigenvalue weighted by molar-refractivity contribution is -0.121. The van der Waals surface area contributed by atoms with Crippen LogP contribution in [0.5, 0.6) is 0 Å². The van der Waals surface area contributed by atoms with Crippen molar-refractivity contribution < 1.29 is 4.79 Å². The van der Waals surface area contributed by atoms with Gasteiger partial charge in [0.25, 0.3) is 0 Å². The standard InChI is InChI=1S/C15H28N2O/c1-13(9-11-16)7-8-15(18)17-12-10-14-5-3-2-4-6-14/h5,13H,2-4,6-12,16H2,1H3,(H,17,18). The monoisotopic (exact) mass is 252 g/mol. The molecule has 0 aromatic rings. The molecule has 18 heavy (non-hydrogen) atoms. The molecule has 0 aromatic heterocycles. The summed E-state index contributed by atoms with van der Waals surface area (Å²) in [5.74, 6) is 0.747. The summed E-state index contributed by atoms with van der Waals surface area (Å²) < 4.78 is 0. The van der Waals surface area contributed by atoms with Crippen LogP contribution in [0.2, 0.25) is 0 Å². The molecule has 1 amide bonds. The molecule has 3 heteroatoms. The molecule has 0 spiro atoms. The number of amides is 1. The van der Waals surface area contributed by atoms with E-state index in [1.54, 1.807) is 0 Å². The van der Waals surface area contributed by atoms with Crippen molar-refractivity contribution in [3.8, 4) is 0 Å². The summed E-state index contributed by atoms with van der Waals surface area (Å²) in [6.45, 7) is 3.68. The van der Waals surface area contributed by atoms with E-state index in [-0.39, 0.29) is 5.91 Å². The van der Waals surface area contributed by atoms with Crippen LogP contribution < -0.4 is 11.1 Å². The fourth-order valence-electron chi connectivity index (χ4n) is 2.39. The van der Waals surface area contributed by atoms with Gasteiger partial charge in [0.2, 0.25) is 5.91 Å². The van der Waals surface area contributed by atoms with E-state index in [0.29, 0.717) is 12.3 Å². The number of rotatable bonds is 8. The number of hydrogen-bond donors (Lipinski definition) is 2. The zero-order valence-corrected chi connectivity index (χ0v) is 11.7. The van der Waals surface area contributed by atoms with Crippen molar-refractivity contribution in [3.05, 3.63) is 11.6 Å². The Morgan fingerprint density at radius 1 is 1.44 bits per heavy atom. The predicted octanol–water partition coefficient (Wildman–Crippen LogP) is 2.76. The molecule has 1 aliphatic carbocycles. The minimum Gasteiger partial charge on any atom is -0.356 e. The highest BCUT2D eigenvalue weighted by atomic mass is 16.1. The third kappa shape index (κ3) is 6.80. The molecule has 3 N–H and O–H groups in total. The molecule has 0 saturated heterocycles. The van der Waals surface area contributed by atoms with Crippen LogP contribution in [0.3, 0.4) is 0 Å². The average Bonchev–Trinajstić information content (AvgIpc) is 2.38. The van der Waals surface area contributed by atoms with Gasteiger partial charge in [0.05, 0.1) is 0 Å². The first-order valence-corrected chi connectivity index (χ1v) is 7.37. The number of carbonyl (C=O) groups excluding carboxylic acids is 1. The number of allylic oxidation sites excluding steroid dienone is 1. The van der Waals surface area contributed by atoms with Gasteiger partial charge in [0.1, 0.15) is 0 Å². The first-order valence-electron chi connectivity index (χ1n) is 7.37. The Bertz CT molecular complexity index is 274. The summed E-state index contributed by atoms with van der Waals surface area (Å²) in [6.07, 6.45) is 11.1. The summed E-state index contributed by atoms with van der Waals surface area (Å²) in [4.78, 5) is 11.6. The maximum atomic E-state index is 11.6. The van der Waals surface area contributed by atoms with Crippen LogP contribution >= 0.6 is 0 Å². The average molecular weight is 252 g/mol. The van der Waals surface area contributed by atoms with Crippen LogP contribution in [-0.4, -0.2) is 19.0 Å². The molecule has 0 aromatic carbocycles. The molecule has 1 atom stereocenters. The van der Waals surface area contributed by atoms with Crippen molar-refractivity contribution in [3.63, 3.8) is 0 Å². The number of hydrogen-bond acceptors (Lipinski definition) is 2. The molecular weight excluding hydrogens is 224 g/mol. The fourth-order valence-corrected chi connectivity index (χ4v) is 2.39. The van der Waals surface area contributed by atoms with Gasteiger partial charge in [-0.05, 0) is 57.4 Å². The molecule has 0 aliphatic heterocycles. The van der Waals surface area contributed by atoms with E-state index >= 15 is 0 Å². The second-order valence-electron chi connectivity index (χ2n) is 5.43. The van der Waals surface area contributed by atoms with Crippen LogP contribution in [0.1, 0.15) is 58.3 Å². The van der Waals surface area contributed by atoms with Crippen molar-refractivity contribution in [2.45, 2.75) is 58.3 Å². The van der Waals surface area contributed by atoms with Gasteiger partial charge >= 0.3 is 0 Å². The van der Waals surface area contributed by atoms with E-state index in [1.807, 2.05) is 0 Å². The Morgan fingerprint density at radius 2 is 2.28 bits per heavy atom. The van der Waals surface area contributed by atoms with Gasteiger partial charge in [-0.2, -0.15) is 0 Å². The molecule has 0 fully saturated rings. The minimum absolute atomic E-state index is 0.190. The largest absolute Gasteiger partial charge is 0.356 e. The van der Waals surface area contributed by atoms with Gasteiger partial charge in [-0.15, -0.1) is 0 Å². The maximum Gasteiger partial charge on any atom is 0.220 e. The van der Waals surface area contributed by atoms with Crippen molar-refractivity contribution in [2.24, 2.45) is 11.7 Å². The lowest BCUT2D eigenvalue weighted by Crippen LogP contribution is -2.25. The first-order chi connectivity index (χ1) is 8.72. The van der Waals surface area contributed by atoms with Crippen LogP contribution in [0.25, 0.3) is 0 Å². The molecule has 104 valence electrons. The lowest BCUT2D eigenvalue weighted by atomic mass is 9.97. The Hall–Kier alpha value is -0.830. The molecule has 1 rings (SSSR count). The lowest BCUT2D eigenvalue weighted by Gasteiger charge is -2.13. The molecule has 0 saturated carbocycles. The van der Waals surface area contributed by atoms with Crippen molar-refractivity contribution >= 4 is 5.91 Å². The van der Waals surface area contributed by atoms with Crippen molar-refractivity contribution in [2.75, 3.05) is 13.1 Å². The van der Waals surface area contributed by atoms with Crippen LogP contribution in [0.4, 0.5) is 0 Å². The van der Waals surface area contributed by atoms with Crippen LogP contribution in [0.15, 0.2) is 11.6 Å². The summed E-state index contributed by atoms with van der Waals surface area (Å²) in [7, 11) is 0. The van der Waals surface area contributed by atoms with E-state index < -0.39 is 0 Å². The summed E-state index contributed by atoms with van der Waals surface area (Å²) in [5, 5.41) is 3.02. The van der Waals surface area contributed by atoms with Crippen molar-refractivity contribution in [1.82, 2.24) is 5.32 Å². The third-order valence-electron chi connectivity index (χ3n) is 3.68. The molecule has 0 bridgehead atoms. The molecule has 0 radical (unpaired) electrons. The van der Waals surface area contributed by atoms with E-state index in [0.717, 1.165) is 32.4 Å². The molecule has 0 heterocycles. The van der Waals surface area contributed by atoms with Gasteiger partial charge in [-0.25, -0.2) is 0 Å². The Morgan fingerprint density at radius 3 is 2.94 bits per heavy atom. The summed E-state index contributed by atoms with van der Waals surface area (Å²) in [5.41, 5.74) is 7.02. The minimum atomic E-state index is 0.190. The smallest absolute Gasteiger partial charge is 0.220 e. The zero-order valence-electron chi connectivity index (χ0n) is 11.7. The highest BCUT2D eigenvalue weighted by molar-refractivity contribution is 5.75. The topological polar surface area (TPSA) is 55.1 Å². The van der Waals surface area contributed by atoms with Crippen molar-refractivity contribution in [1.29, 1.82) is 0 Å². The molecule has 1 aliphatic rings. The Balaban J connectivity index is 2.04. The van der Waals surface area contributed by atoms with E-state index in [9.17, 15) is 4.79 Å². The van der Waals surface area contributed by atoms with Gasteiger partial charge in [-0.1, -0.05) is 18.6 Å². The molecule has 1 unspecified atom stereocenters. The second kappa shape index (κ2) is 9.15. The van der Waals surface area contributed by atoms with Gasteiger partial charge in [0.15, 0.2) is 0 Å². The number of nitrogens with two attached hydrogens (primary N) is 1. The first kappa shape index (κ1) is 15.2. The fraction of sp³-hybridized carbons (Fsp3) is 0.800. The zero-order chi connectivity index (χ0) is 13.2. The normalized spacial score (nSPS) is 17.1. The quantitative estimate of drug-likeness (QED) is 0.653. The van der Waals surface area contributed by atoms with Crippen LogP contribution in [0, 0.1) is 5.92 Å². The molecule has 3 nitrogen and oxygen atoms in total. The van der Waals surface area contributed by atoms with Gasteiger partial charge < -0.3 is 11.1 Å². The number of nitrogens with one attached hydrogen (secondary N) is 1. The van der Waals surface area contributed by atoms with Crippen LogP contribution in [-0.2, 0) is 4.79 Å². The maximum absolute atomic E-state index is 11.6. The molecular formula is C15H28N2O. The second-order valence-corrected chi connectivity index (χ2v) is 5.43. The SMILES string of the molecule is CC(CCN)CCC(=O)NCCC1=CCCCC1. The number of carbonyl (C=O) groups is 1. The van der Waals surface area contributed by atoms with E-state index in [4.69, 9.17) is 5.73 Å². The highest BCUT2D eigenvalue weighted by Gasteiger charge is 2.07. The van der Waals surface area contributed by atoms with Gasteiger partial charge in [0, 0.05) is 13.0 Å². The van der Waals surface area contributed by atoms with Gasteiger partial charge in [-0.3, -0.25) is 4.79 Å². The Kier molecular flexibility index (Phi) is 7.74. The third-order valence-corrected chi connectivity index (χ3v) is 3.68. The summed E-state index contributed by atoms with van der Waals surface area (Å²) >= 11 is 0. The predicted molar refractivity (Wildman–Crippen MR) is 76.2 cm³/mol. The Labute approximate surface area is 111 Å². The summed E-state index contributed by atoms with van der Waals surface area (Å²) in [6, 6.07) is 0. The van der Waals surface area contributed by atoms with E-state index in [1.165, 1.54) is 31.3 Å².